The Morgan fingerprint density at radius 1 is 1.40 bits per heavy atom. The van der Waals surface area contributed by atoms with Gasteiger partial charge in [0, 0.05) is 17.4 Å². The number of rotatable bonds is 3. The SMILES string of the molecule is C#CCCC(O)c1coc2ccccc12. The molecular weight excluding hydrogens is 188 g/mol. The van der Waals surface area contributed by atoms with Crippen molar-refractivity contribution in [3.05, 3.63) is 36.1 Å². The van der Waals surface area contributed by atoms with Gasteiger partial charge in [0.25, 0.3) is 0 Å². The number of fused-ring (bicyclic) bond motifs is 1. The Hall–Kier alpha value is -1.72. The van der Waals surface area contributed by atoms with E-state index in [2.05, 4.69) is 5.92 Å². The molecule has 0 saturated heterocycles. The zero-order chi connectivity index (χ0) is 10.7. The largest absolute Gasteiger partial charge is 0.464 e. The average molecular weight is 200 g/mol. The normalized spacial score (nSPS) is 12.5. The van der Waals surface area contributed by atoms with E-state index < -0.39 is 6.10 Å². The minimum absolute atomic E-state index is 0.537. The maximum absolute atomic E-state index is 9.88. The molecule has 76 valence electrons. The monoisotopic (exact) mass is 200 g/mol. The first-order valence-electron chi connectivity index (χ1n) is 4.90. The van der Waals surface area contributed by atoms with Crippen molar-refractivity contribution in [1.29, 1.82) is 0 Å². The first-order valence-corrected chi connectivity index (χ1v) is 4.90. The summed E-state index contributed by atoms with van der Waals surface area (Å²) in [7, 11) is 0. The molecule has 1 aromatic carbocycles. The average Bonchev–Trinajstić information content (AvgIpc) is 2.69. The van der Waals surface area contributed by atoms with Crippen LogP contribution in [0.4, 0.5) is 0 Å². The van der Waals surface area contributed by atoms with Crippen molar-refractivity contribution < 1.29 is 9.52 Å². The second-order valence-electron chi connectivity index (χ2n) is 3.45. The predicted molar refractivity (Wildman–Crippen MR) is 59.2 cm³/mol. The molecule has 15 heavy (non-hydrogen) atoms. The summed E-state index contributed by atoms with van der Waals surface area (Å²) in [6.45, 7) is 0. The highest BCUT2D eigenvalue weighted by Gasteiger charge is 2.13. The van der Waals surface area contributed by atoms with Crippen molar-refractivity contribution in [2.45, 2.75) is 18.9 Å². The van der Waals surface area contributed by atoms with Gasteiger partial charge < -0.3 is 9.52 Å². The number of terminal acetylenes is 1. The molecule has 1 atom stereocenters. The number of benzene rings is 1. The van der Waals surface area contributed by atoms with Crippen molar-refractivity contribution in [3.63, 3.8) is 0 Å². The molecule has 0 saturated carbocycles. The number of hydrogen-bond acceptors (Lipinski definition) is 2. The Kier molecular flexibility index (Phi) is 2.75. The van der Waals surface area contributed by atoms with Crippen LogP contribution >= 0.6 is 0 Å². The second kappa shape index (κ2) is 4.20. The fourth-order valence-electron chi connectivity index (χ4n) is 1.63. The molecule has 1 N–H and O–H groups in total. The Morgan fingerprint density at radius 3 is 3.00 bits per heavy atom. The molecule has 0 fully saturated rings. The van der Waals surface area contributed by atoms with Gasteiger partial charge in [-0.25, -0.2) is 0 Å². The first kappa shape index (κ1) is 9.82. The van der Waals surface area contributed by atoms with Gasteiger partial charge in [0.15, 0.2) is 0 Å². The molecule has 2 heteroatoms. The van der Waals surface area contributed by atoms with Crippen LogP contribution in [-0.4, -0.2) is 5.11 Å². The summed E-state index contributed by atoms with van der Waals surface area (Å²) < 4.78 is 5.34. The lowest BCUT2D eigenvalue weighted by molar-refractivity contribution is 0.170. The van der Waals surface area contributed by atoms with Crippen LogP contribution in [0.25, 0.3) is 11.0 Å². The van der Waals surface area contributed by atoms with Crippen LogP contribution in [0, 0.1) is 12.3 Å². The van der Waals surface area contributed by atoms with Gasteiger partial charge in [-0.3, -0.25) is 0 Å². The Balaban J connectivity index is 2.32. The molecule has 2 rings (SSSR count). The fourth-order valence-corrected chi connectivity index (χ4v) is 1.63. The van der Waals surface area contributed by atoms with Crippen LogP contribution in [0.3, 0.4) is 0 Å². The van der Waals surface area contributed by atoms with Crippen LogP contribution < -0.4 is 0 Å². The molecule has 1 heterocycles. The van der Waals surface area contributed by atoms with Gasteiger partial charge >= 0.3 is 0 Å². The molecule has 0 aliphatic rings. The second-order valence-corrected chi connectivity index (χ2v) is 3.45. The van der Waals surface area contributed by atoms with E-state index in [1.165, 1.54) is 0 Å². The number of aliphatic hydroxyl groups excluding tert-OH is 1. The van der Waals surface area contributed by atoms with Gasteiger partial charge in [0.1, 0.15) is 5.58 Å². The van der Waals surface area contributed by atoms with E-state index >= 15 is 0 Å². The third-order valence-corrected chi connectivity index (χ3v) is 2.43. The van der Waals surface area contributed by atoms with E-state index in [9.17, 15) is 5.11 Å². The van der Waals surface area contributed by atoms with E-state index in [4.69, 9.17) is 10.8 Å². The fraction of sp³-hybridized carbons (Fsp3) is 0.231. The highest BCUT2D eigenvalue weighted by molar-refractivity contribution is 5.81. The van der Waals surface area contributed by atoms with E-state index in [1.807, 2.05) is 24.3 Å². The lowest BCUT2D eigenvalue weighted by atomic mass is 10.0. The minimum atomic E-state index is -0.537. The van der Waals surface area contributed by atoms with Gasteiger partial charge in [-0.2, -0.15) is 0 Å². The van der Waals surface area contributed by atoms with E-state index in [-0.39, 0.29) is 0 Å². The van der Waals surface area contributed by atoms with Crippen LogP contribution in [-0.2, 0) is 0 Å². The van der Waals surface area contributed by atoms with Gasteiger partial charge in [-0.1, -0.05) is 18.2 Å². The molecule has 0 spiro atoms. The van der Waals surface area contributed by atoms with Gasteiger partial charge in [0.05, 0.1) is 12.4 Å². The summed E-state index contributed by atoms with van der Waals surface area (Å²) in [5, 5.41) is 10.8. The zero-order valence-corrected chi connectivity index (χ0v) is 8.31. The number of para-hydroxylation sites is 1. The molecule has 0 aliphatic heterocycles. The number of hydrogen-bond donors (Lipinski definition) is 1. The number of aliphatic hydroxyl groups is 1. The summed E-state index contributed by atoms with van der Waals surface area (Å²) in [6, 6.07) is 7.65. The first-order chi connectivity index (χ1) is 7.33. The molecule has 2 aromatic rings. The van der Waals surface area contributed by atoms with Crippen molar-refractivity contribution in [2.75, 3.05) is 0 Å². The Labute approximate surface area is 88.5 Å². The van der Waals surface area contributed by atoms with Crippen molar-refractivity contribution in [3.8, 4) is 12.3 Å². The molecular formula is C13H12O2. The van der Waals surface area contributed by atoms with E-state index in [1.54, 1.807) is 6.26 Å². The van der Waals surface area contributed by atoms with Gasteiger partial charge in [0.2, 0.25) is 0 Å². The quantitative estimate of drug-likeness (QED) is 0.773. The zero-order valence-electron chi connectivity index (χ0n) is 8.31. The highest BCUT2D eigenvalue weighted by Crippen LogP contribution is 2.28. The lowest BCUT2D eigenvalue weighted by Gasteiger charge is -2.05. The van der Waals surface area contributed by atoms with Crippen LogP contribution in [0.15, 0.2) is 34.9 Å². The molecule has 0 aliphatic carbocycles. The third-order valence-electron chi connectivity index (χ3n) is 2.43. The Morgan fingerprint density at radius 2 is 2.20 bits per heavy atom. The molecule has 1 aromatic heterocycles. The standard InChI is InChI=1S/C13H12O2/c1-2-3-7-12(14)11-9-15-13-8-5-4-6-10(11)13/h1,4-6,8-9,12,14H,3,7H2. The van der Waals surface area contributed by atoms with Crippen molar-refractivity contribution in [1.82, 2.24) is 0 Å². The Bertz CT molecular complexity index is 490. The highest BCUT2D eigenvalue weighted by atomic mass is 16.3. The maximum atomic E-state index is 9.88. The molecule has 1 unspecified atom stereocenters. The summed E-state index contributed by atoms with van der Waals surface area (Å²) in [4.78, 5) is 0. The number of furan rings is 1. The van der Waals surface area contributed by atoms with Crippen molar-refractivity contribution in [2.24, 2.45) is 0 Å². The van der Waals surface area contributed by atoms with E-state index in [0.717, 1.165) is 16.5 Å². The van der Waals surface area contributed by atoms with Crippen molar-refractivity contribution >= 4 is 11.0 Å². The molecule has 0 amide bonds. The topological polar surface area (TPSA) is 33.4 Å². The van der Waals surface area contributed by atoms with Gasteiger partial charge in [-0.05, 0) is 12.5 Å². The third kappa shape index (κ3) is 1.88. The summed E-state index contributed by atoms with van der Waals surface area (Å²) >= 11 is 0. The molecule has 2 nitrogen and oxygen atoms in total. The van der Waals surface area contributed by atoms with Crippen LogP contribution in [0.5, 0.6) is 0 Å². The van der Waals surface area contributed by atoms with E-state index in [0.29, 0.717) is 12.8 Å². The van der Waals surface area contributed by atoms with Gasteiger partial charge in [-0.15, -0.1) is 12.3 Å². The lowest BCUT2D eigenvalue weighted by Crippen LogP contribution is -1.95. The predicted octanol–water partition coefficient (Wildman–Crippen LogP) is 2.88. The van der Waals surface area contributed by atoms with Crippen LogP contribution in [0.2, 0.25) is 0 Å². The maximum Gasteiger partial charge on any atom is 0.134 e. The van der Waals surface area contributed by atoms with Crippen LogP contribution in [0.1, 0.15) is 24.5 Å². The smallest absolute Gasteiger partial charge is 0.134 e. The summed E-state index contributed by atoms with van der Waals surface area (Å²) in [5.41, 5.74) is 1.62. The molecule has 0 bridgehead atoms. The summed E-state index contributed by atoms with van der Waals surface area (Å²) in [5.74, 6) is 2.52. The summed E-state index contributed by atoms with van der Waals surface area (Å²) in [6.07, 6.45) is 7.36. The molecule has 0 radical (unpaired) electrons. The minimum Gasteiger partial charge on any atom is -0.464 e.